The summed E-state index contributed by atoms with van der Waals surface area (Å²) in [5, 5.41) is 0. The summed E-state index contributed by atoms with van der Waals surface area (Å²) >= 11 is 0. The second-order valence-corrected chi connectivity index (χ2v) is 10.1. The first kappa shape index (κ1) is 35.0. The summed E-state index contributed by atoms with van der Waals surface area (Å²) in [6.45, 7) is 15.8. The Kier molecular flexibility index (Phi) is 14.4. The van der Waals surface area contributed by atoms with E-state index in [4.69, 9.17) is 4.74 Å². The molecule has 0 amide bonds. The van der Waals surface area contributed by atoms with Crippen LogP contribution in [0, 0.1) is 0 Å². The number of alkyl halides is 3. The number of aliphatic imine (C=N–C) groups is 2. The largest absolute Gasteiger partial charge is 0.444 e. The molecule has 0 aromatic heterocycles. The van der Waals surface area contributed by atoms with Crippen LogP contribution < -0.4 is 0 Å². The van der Waals surface area contributed by atoms with Crippen molar-refractivity contribution in [3.8, 4) is 0 Å². The van der Waals surface area contributed by atoms with Gasteiger partial charge < -0.3 is 4.74 Å². The van der Waals surface area contributed by atoms with Crippen LogP contribution in [0.4, 0.5) is 13.2 Å². The summed E-state index contributed by atoms with van der Waals surface area (Å²) in [5.41, 5.74) is 6.44. The molecule has 6 heteroatoms. The molecular formula is C37H43F3N2O. The molecule has 43 heavy (non-hydrogen) atoms. The van der Waals surface area contributed by atoms with Gasteiger partial charge in [-0.1, -0.05) is 101 Å². The topological polar surface area (TPSA) is 34.0 Å². The van der Waals surface area contributed by atoms with Crippen molar-refractivity contribution >= 4 is 12.1 Å². The quantitative estimate of drug-likeness (QED) is 0.154. The molecule has 0 fully saturated rings. The summed E-state index contributed by atoms with van der Waals surface area (Å²) < 4.78 is 42.2. The van der Waals surface area contributed by atoms with Crippen LogP contribution in [-0.4, -0.2) is 19.2 Å². The number of hydrogen-bond donors (Lipinski definition) is 0. The fourth-order valence-corrected chi connectivity index (χ4v) is 4.42. The molecule has 0 saturated heterocycles. The van der Waals surface area contributed by atoms with E-state index in [-0.39, 0.29) is 5.90 Å². The van der Waals surface area contributed by atoms with Crippen molar-refractivity contribution in [3.63, 3.8) is 0 Å². The van der Waals surface area contributed by atoms with E-state index in [9.17, 15) is 13.2 Å². The lowest BCUT2D eigenvalue weighted by Crippen LogP contribution is -2.08. The number of hydrogen-bond acceptors (Lipinski definition) is 3. The number of nitrogens with zero attached hydrogens (tertiary/aromatic N) is 2. The highest BCUT2D eigenvalue weighted by Gasteiger charge is 2.30. The van der Waals surface area contributed by atoms with Gasteiger partial charge in [-0.3, -0.25) is 9.98 Å². The molecule has 3 aromatic rings. The molecule has 228 valence electrons. The van der Waals surface area contributed by atoms with Gasteiger partial charge >= 0.3 is 6.18 Å². The first-order valence-corrected chi connectivity index (χ1v) is 14.5. The predicted octanol–water partition coefficient (Wildman–Crippen LogP) is 11.0. The first-order valence-electron chi connectivity index (χ1n) is 14.5. The smallest absolute Gasteiger partial charge is 0.416 e. The minimum atomic E-state index is -4.34. The molecule has 3 aromatic carbocycles. The highest BCUT2D eigenvalue weighted by Crippen LogP contribution is 2.29. The molecule has 0 aliphatic carbocycles. The molecular weight excluding hydrogens is 545 g/mol. The third kappa shape index (κ3) is 11.5. The Bertz CT molecular complexity index is 1350. The Morgan fingerprint density at radius 1 is 0.930 bits per heavy atom. The minimum Gasteiger partial charge on any atom is -0.444 e. The van der Waals surface area contributed by atoms with Crippen molar-refractivity contribution < 1.29 is 17.9 Å². The van der Waals surface area contributed by atoms with E-state index in [1.807, 2.05) is 6.21 Å². The van der Waals surface area contributed by atoms with Gasteiger partial charge in [-0.05, 0) is 66.3 Å². The van der Waals surface area contributed by atoms with Crippen LogP contribution in [0.3, 0.4) is 0 Å². The Labute approximate surface area is 255 Å². The lowest BCUT2D eigenvalue weighted by Gasteiger charge is -2.15. The van der Waals surface area contributed by atoms with E-state index >= 15 is 0 Å². The molecule has 0 bridgehead atoms. The average Bonchev–Trinajstić information content (AvgIpc) is 3.01. The second-order valence-electron chi connectivity index (χ2n) is 10.1. The highest BCUT2D eigenvalue weighted by atomic mass is 19.4. The van der Waals surface area contributed by atoms with Crippen LogP contribution in [0.1, 0.15) is 81.5 Å². The zero-order valence-corrected chi connectivity index (χ0v) is 25.9. The van der Waals surface area contributed by atoms with Crippen LogP contribution in [0.5, 0.6) is 0 Å². The maximum atomic E-state index is 12.3. The SMILES string of the molecule is C=C(C)OC(=NC)c1ccc(C(F)(F)F)cc1.C=C1CC=NC(CC)=C1CCC.CC(c1ccccc1)c1ccccc1. The third-order valence-corrected chi connectivity index (χ3v) is 6.73. The standard InChI is InChI=1S/C14H14.C12H12F3NO.C11H17N/c1-12(13-8-4-2-5-9-13)14-10-6-3-7-11-14;1-8(2)17-11(16-3)9-4-6-10(7-5-9)12(13,14)15;1-4-6-10-9(3)7-8-12-11(10)5-2/h2-12H,1H3;4-7H,1H2,2-3H3;8H,3-7H2,1-2H3. The van der Waals surface area contributed by atoms with Gasteiger partial charge in [0.05, 0.1) is 11.3 Å². The summed E-state index contributed by atoms with van der Waals surface area (Å²) in [6.07, 6.45) is 1.94. The number of ether oxygens (including phenoxy) is 1. The first-order chi connectivity index (χ1) is 20.5. The maximum absolute atomic E-state index is 12.3. The van der Waals surface area contributed by atoms with Crippen molar-refractivity contribution in [2.75, 3.05) is 7.05 Å². The van der Waals surface area contributed by atoms with Gasteiger partial charge in [0, 0.05) is 36.9 Å². The summed E-state index contributed by atoms with van der Waals surface area (Å²) in [4.78, 5) is 8.23. The molecule has 0 saturated carbocycles. The van der Waals surface area contributed by atoms with E-state index in [1.54, 1.807) is 6.92 Å². The molecule has 0 unspecified atom stereocenters. The third-order valence-electron chi connectivity index (χ3n) is 6.73. The van der Waals surface area contributed by atoms with Crippen molar-refractivity contribution in [1.82, 2.24) is 0 Å². The monoisotopic (exact) mass is 588 g/mol. The number of allylic oxidation sites excluding steroid dienone is 4. The normalized spacial score (nSPS) is 13.1. The molecule has 0 spiro atoms. The fourth-order valence-electron chi connectivity index (χ4n) is 4.42. The van der Waals surface area contributed by atoms with E-state index < -0.39 is 11.7 Å². The van der Waals surface area contributed by atoms with Crippen LogP contribution >= 0.6 is 0 Å². The number of rotatable bonds is 7. The van der Waals surface area contributed by atoms with E-state index in [0.717, 1.165) is 31.4 Å². The van der Waals surface area contributed by atoms with Gasteiger partial charge in [0.15, 0.2) is 0 Å². The van der Waals surface area contributed by atoms with Gasteiger partial charge in [0.2, 0.25) is 5.90 Å². The Morgan fingerprint density at radius 2 is 1.47 bits per heavy atom. The summed E-state index contributed by atoms with van der Waals surface area (Å²) in [5.74, 6) is 1.15. The molecule has 0 atom stereocenters. The van der Waals surface area contributed by atoms with Crippen molar-refractivity contribution in [2.24, 2.45) is 9.98 Å². The van der Waals surface area contributed by atoms with E-state index in [1.165, 1.54) is 53.6 Å². The predicted molar refractivity (Wildman–Crippen MR) is 175 cm³/mol. The van der Waals surface area contributed by atoms with E-state index in [2.05, 4.69) is 105 Å². The highest BCUT2D eigenvalue weighted by molar-refractivity contribution is 5.94. The van der Waals surface area contributed by atoms with Crippen molar-refractivity contribution in [3.05, 3.63) is 143 Å². The van der Waals surface area contributed by atoms with Gasteiger partial charge in [-0.2, -0.15) is 13.2 Å². The maximum Gasteiger partial charge on any atom is 0.416 e. The summed E-state index contributed by atoms with van der Waals surface area (Å²) in [6, 6.07) is 25.8. The lowest BCUT2D eigenvalue weighted by molar-refractivity contribution is -0.137. The molecule has 1 aliphatic rings. The van der Waals surface area contributed by atoms with Crippen molar-refractivity contribution in [2.45, 2.75) is 65.5 Å². The van der Waals surface area contributed by atoms with Crippen LogP contribution in [0.25, 0.3) is 0 Å². The van der Waals surface area contributed by atoms with Crippen LogP contribution in [0.2, 0.25) is 0 Å². The van der Waals surface area contributed by atoms with E-state index in [0.29, 0.717) is 17.2 Å². The molecule has 1 heterocycles. The Balaban J connectivity index is 0.000000229. The van der Waals surface area contributed by atoms with Crippen LogP contribution in [-0.2, 0) is 10.9 Å². The zero-order valence-electron chi connectivity index (χ0n) is 25.9. The molecule has 1 aliphatic heterocycles. The zero-order chi connectivity index (χ0) is 31.8. The van der Waals surface area contributed by atoms with Crippen LogP contribution in [0.15, 0.2) is 131 Å². The fraction of sp³-hybridized carbons (Fsp3) is 0.297. The lowest BCUT2D eigenvalue weighted by atomic mass is 9.93. The average molecular weight is 589 g/mol. The second kappa shape index (κ2) is 17.7. The van der Waals surface area contributed by atoms with Gasteiger partial charge in [0.25, 0.3) is 0 Å². The Morgan fingerprint density at radius 3 is 1.88 bits per heavy atom. The molecule has 4 rings (SSSR count). The molecule has 0 N–H and O–H groups in total. The molecule has 3 nitrogen and oxygen atoms in total. The summed E-state index contributed by atoms with van der Waals surface area (Å²) in [7, 11) is 1.50. The van der Waals surface area contributed by atoms with Crippen molar-refractivity contribution in [1.29, 1.82) is 0 Å². The minimum absolute atomic E-state index is 0.242. The number of benzene rings is 3. The molecule has 0 radical (unpaired) electrons. The van der Waals surface area contributed by atoms with Gasteiger partial charge in [-0.25, -0.2) is 0 Å². The number of halogens is 3. The Hall–Kier alpha value is -4.19. The van der Waals surface area contributed by atoms with Gasteiger partial charge in [-0.15, -0.1) is 0 Å². The van der Waals surface area contributed by atoms with Gasteiger partial charge in [0.1, 0.15) is 0 Å².